The highest BCUT2D eigenvalue weighted by atomic mass is 16.2. The lowest BCUT2D eigenvalue weighted by molar-refractivity contribution is -0.147. The molecule has 0 bridgehead atoms. The van der Waals surface area contributed by atoms with E-state index in [-0.39, 0.29) is 18.1 Å². The lowest BCUT2D eigenvalue weighted by Gasteiger charge is -2.25. The molecule has 0 aliphatic carbocycles. The van der Waals surface area contributed by atoms with Crippen molar-refractivity contribution < 1.29 is 14.4 Å². The molecule has 2 rings (SSSR count). The van der Waals surface area contributed by atoms with E-state index in [0.717, 1.165) is 16.9 Å². The maximum atomic E-state index is 12.0. The van der Waals surface area contributed by atoms with Gasteiger partial charge in [0.25, 0.3) is 5.91 Å². The predicted octanol–water partition coefficient (Wildman–Crippen LogP) is 1.01. The van der Waals surface area contributed by atoms with E-state index >= 15 is 0 Å². The summed E-state index contributed by atoms with van der Waals surface area (Å²) in [5, 5.41) is 2.52. The van der Waals surface area contributed by atoms with Gasteiger partial charge in [-0.25, -0.2) is 0 Å². The van der Waals surface area contributed by atoms with Crippen LogP contribution in [-0.4, -0.2) is 29.2 Å². The summed E-state index contributed by atoms with van der Waals surface area (Å²) in [6, 6.07) is 9.85. The number of nitrogens with one attached hydrogen (secondary N) is 1. The second-order valence-corrected chi connectivity index (χ2v) is 4.60. The molecular weight excluding hydrogens is 256 g/mol. The fourth-order valence-corrected chi connectivity index (χ4v) is 2.02. The number of rotatable bonds is 3. The lowest BCUT2D eigenvalue weighted by Crippen LogP contribution is -2.51. The van der Waals surface area contributed by atoms with E-state index < -0.39 is 11.8 Å². The molecule has 0 radical (unpaired) electrons. The second kappa shape index (κ2) is 6.14. The number of piperazine rings is 1. The van der Waals surface area contributed by atoms with Crippen LogP contribution in [0.1, 0.15) is 18.9 Å². The largest absolute Gasteiger partial charge is 0.320 e. The van der Waals surface area contributed by atoms with E-state index in [1.165, 1.54) is 6.92 Å². The van der Waals surface area contributed by atoms with Crippen molar-refractivity contribution in [3.05, 3.63) is 47.7 Å². The van der Waals surface area contributed by atoms with Gasteiger partial charge in [-0.3, -0.25) is 19.3 Å². The molecule has 0 atom stereocenters. The maximum Gasteiger partial charge on any atom is 0.277 e. The van der Waals surface area contributed by atoms with Crippen LogP contribution in [0.15, 0.2) is 42.1 Å². The Morgan fingerprint density at radius 3 is 2.65 bits per heavy atom. The van der Waals surface area contributed by atoms with Gasteiger partial charge in [-0.1, -0.05) is 36.4 Å². The summed E-state index contributed by atoms with van der Waals surface area (Å²) in [6.45, 7) is 1.07. The summed E-state index contributed by atoms with van der Waals surface area (Å²) in [5.74, 6) is -1.20. The van der Waals surface area contributed by atoms with Crippen molar-refractivity contribution in [3.63, 3.8) is 0 Å². The minimum absolute atomic E-state index is 0.187. The molecule has 0 unspecified atom stereocenters. The average molecular weight is 272 g/mol. The third-order valence-electron chi connectivity index (χ3n) is 3.06. The van der Waals surface area contributed by atoms with Crippen molar-refractivity contribution >= 4 is 17.7 Å². The van der Waals surface area contributed by atoms with Gasteiger partial charge in [-0.15, -0.1) is 0 Å². The number of carbonyl (C=O) groups excluding carboxylic acids is 3. The smallest absolute Gasteiger partial charge is 0.277 e. The number of nitrogens with zero attached hydrogens (tertiary/aromatic N) is 1. The average Bonchev–Trinajstić information content (AvgIpc) is 2.43. The van der Waals surface area contributed by atoms with Crippen LogP contribution in [0.25, 0.3) is 0 Å². The van der Waals surface area contributed by atoms with E-state index in [1.807, 2.05) is 30.3 Å². The van der Waals surface area contributed by atoms with E-state index in [0.29, 0.717) is 6.42 Å². The fraction of sp³-hybridized carbons (Fsp3) is 0.267. The number of imide groups is 1. The zero-order valence-corrected chi connectivity index (χ0v) is 11.3. The lowest BCUT2D eigenvalue weighted by atomic mass is 10.1. The Kier molecular flexibility index (Phi) is 4.30. The van der Waals surface area contributed by atoms with Gasteiger partial charge in [0.1, 0.15) is 12.2 Å². The molecule has 104 valence electrons. The van der Waals surface area contributed by atoms with E-state index in [4.69, 9.17) is 0 Å². The molecule has 1 aliphatic rings. The Balaban J connectivity index is 2.03. The number of hydrogen-bond acceptors (Lipinski definition) is 3. The normalized spacial score (nSPS) is 17.2. The number of allylic oxidation sites excluding steroid dienone is 1. The molecule has 1 saturated heterocycles. The standard InChI is InChI=1S/C15H16N2O3/c1-11(18)17-10-14(19)16-13(15(17)20)9-5-8-12-6-3-2-4-7-12/h2-4,6-7,9H,5,8,10H2,1H3,(H,16,19)/b13-9+. The molecule has 1 fully saturated rings. The van der Waals surface area contributed by atoms with Crippen LogP contribution in [-0.2, 0) is 20.8 Å². The summed E-state index contributed by atoms with van der Waals surface area (Å²) in [5.41, 5.74) is 1.34. The molecule has 1 aliphatic heterocycles. The molecule has 1 aromatic rings. The quantitative estimate of drug-likeness (QED) is 0.835. The van der Waals surface area contributed by atoms with Gasteiger partial charge in [0.15, 0.2) is 0 Å². The highest BCUT2D eigenvalue weighted by Crippen LogP contribution is 2.09. The molecular formula is C15H16N2O3. The summed E-state index contributed by atoms with van der Waals surface area (Å²) in [4.78, 5) is 35.7. The van der Waals surface area contributed by atoms with Crippen molar-refractivity contribution in [2.45, 2.75) is 19.8 Å². The molecule has 0 spiro atoms. The SMILES string of the molecule is CC(=O)N1CC(=O)N/C(=C/CCc2ccccc2)C1=O. The number of aryl methyl sites for hydroxylation is 1. The first-order valence-electron chi connectivity index (χ1n) is 6.44. The van der Waals surface area contributed by atoms with Crippen LogP contribution in [0, 0.1) is 0 Å². The Labute approximate surface area is 117 Å². The maximum absolute atomic E-state index is 12.0. The Hall–Kier alpha value is -2.43. The van der Waals surface area contributed by atoms with Crippen molar-refractivity contribution in [3.8, 4) is 0 Å². The highest BCUT2D eigenvalue weighted by Gasteiger charge is 2.30. The van der Waals surface area contributed by atoms with Crippen LogP contribution < -0.4 is 5.32 Å². The van der Waals surface area contributed by atoms with E-state index in [1.54, 1.807) is 6.08 Å². The summed E-state index contributed by atoms with van der Waals surface area (Å²) < 4.78 is 0. The highest BCUT2D eigenvalue weighted by molar-refractivity contribution is 6.10. The number of hydrogen-bond donors (Lipinski definition) is 1. The third kappa shape index (κ3) is 3.32. The Morgan fingerprint density at radius 1 is 1.30 bits per heavy atom. The van der Waals surface area contributed by atoms with Crippen LogP contribution in [0.4, 0.5) is 0 Å². The van der Waals surface area contributed by atoms with Crippen molar-refractivity contribution in [2.75, 3.05) is 6.54 Å². The predicted molar refractivity (Wildman–Crippen MR) is 73.4 cm³/mol. The van der Waals surface area contributed by atoms with E-state index in [2.05, 4.69) is 5.32 Å². The molecule has 1 N–H and O–H groups in total. The first-order chi connectivity index (χ1) is 9.58. The summed E-state index contributed by atoms with van der Waals surface area (Å²) >= 11 is 0. The zero-order valence-electron chi connectivity index (χ0n) is 11.3. The van der Waals surface area contributed by atoms with Gasteiger partial charge in [0.05, 0.1) is 0 Å². The molecule has 0 saturated carbocycles. The topological polar surface area (TPSA) is 66.5 Å². The van der Waals surface area contributed by atoms with Crippen molar-refractivity contribution in [1.82, 2.24) is 10.2 Å². The van der Waals surface area contributed by atoms with Gasteiger partial charge >= 0.3 is 0 Å². The van der Waals surface area contributed by atoms with Crippen LogP contribution in [0.2, 0.25) is 0 Å². The van der Waals surface area contributed by atoms with Crippen molar-refractivity contribution in [2.24, 2.45) is 0 Å². The Bertz CT molecular complexity index is 564. The van der Waals surface area contributed by atoms with Gasteiger partial charge in [0, 0.05) is 6.92 Å². The Morgan fingerprint density at radius 2 is 2.00 bits per heavy atom. The van der Waals surface area contributed by atoms with Crippen LogP contribution in [0.5, 0.6) is 0 Å². The zero-order chi connectivity index (χ0) is 14.5. The number of amides is 3. The summed E-state index contributed by atoms with van der Waals surface area (Å²) in [6.07, 6.45) is 3.06. The van der Waals surface area contributed by atoms with Gasteiger partial charge in [0.2, 0.25) is 11.8 Å². The first-order valence-corrected chi connectivity index (χ1v) is 6.44. The molecule has 5 nitrogen and oxygen atoms in total. The van der Waals surface area contributed by atoms with Crippen LogP contribution in [0.3, 0.4) is 0 Å². The molecule has 1 aromatic carbocycles. The fourth-order valence-electron chi connectivity index (χ4n) is 2.02. The van der Waals surface area contributed by atoms with Gasteiger partial charge < -0.3 is 5.32 Å². The molecule has 0 aromatic heterocycles. The summed E-state index contributed by atoms with van der Waals surface area (Å²) in [7, 11) is 0. The van der Waals surface area contributed by atoms with E-state index in [9.17, 15) is 14.4 Å². The molecule has 3 amide bonds. The monoisotopic (exact) mass is 272 g/mol. The second-order valence-electron chi connectivity index (χ2n) is 4.60. The van der Waals surface area contributed by atoms with Crippen LogP contribution >= 0.6 is 0 Å². The molecule has 20 heavy (non-hydrogen) atoms. The minimum Gasteiger partial charge on any atom is -0.320 e. The molecule has 5 heteroatoms. The minimum atomic E-state index is -0.440. The third-order valence-corrected chi connectivity index (χ3v) is 3.06. The molecule has 1 heterocycles. The number of benzene rings is 1. The van der Waals surface area contributed by atoms with Gasteiger partial charge in [-0.2, -0.15) is 0 Å². The first kappa shape index (κ1) is 14.0. The van der Waals surface area contributed by atoms with Crippen molar-refractivity contribution in [1.29, 1.82) is 0 Å². The number of carbonyl (C=O) groups is 3. The van der Waals surface area contributed by atoms with Gasteiger partial charge in [-0.05, 0) is 18.4 Å².